The van der Waals surface area contributed by atoms with Crippen LogP contribution in [0.1, 0.15) is 5.69 Å². The number of anilines is 3. The van der Waals surface area contributed by atoms with Gasteiger partial charge in [-0.3, -0.25) is 10.1 Å². The standard InChI is InChI=1S/C19H17FN4O2S2/c1-27-16-4-2-3-14(9-16)21-17(25)10-15-11-28-19(23-15)24-18(26)22-13-7-5-12(20)6-8-13/h2-9,11H,10H2,1H3,(H,21,25)(H2,22,23,24,26). The third-order valence-corrected chi connectivity index (χ3v) is 5.10. The van der Waals surface area contributed by atoms with Gasteiger partial charge in [0.1, 0.15) is 5.82 Å². The Morgan fingerprint density at radius 1 is 1.07 bits per heavy atom. The topological polar surface area (TPSA) is 83.1 Å². The quantitative estimate of drug-likeness (QED) is 0.503. The first-order chi connectivity index (χ1) is 13.5. The van der Waals surface area contributed by atoms with Gasteiger partial charge in [-0.15, -0.1) is 23.1 Å². The maximum atomic E-state index is 12.9. The summed E-state index contributed by atoms with van der Waals surface area (Å²) in [5, 5.41) is 10.1. The van der Waals surface area contributed by atoms with Gasteiger partial charge < -0.3 is 10.6 Å². The summed E-state index contributed by atoms with van der Waals surface area (Å²) in [7, 11) is 0. The van der Waals surface area contributed by atoms with Crippen molar-refractivity contribution in [1.29, 1.82) is 0 Å². The van der Waals surface area contributed by atoms with E-state index in [1.807, 2.05) is 30.5 Å². The lowest BCUT2D eigenvalue weighted by atomic mass is 10.3. The molecule has 1 heterocycles. The Labute approximate surface area is 169 Å². The first-order valence-electron chi connectivity index (χ1n) is 8.24. The van der Waals surface area contributed by atoms with Crippen LogP contribution in [0.25, 0.3) is 0 Å². The number of aromatic nitrogens is 1. The van der Waals surface area contributed by atoms with E-state index >= 15 is 0 Å². The van der Waals surface area contributed by atoms with Crippen LogP contribution < -0.4 is 16.0 Å². The van der Waals surface area contributed by atoms with E-state index in [1.165, 1.54) is 35.6 Å². The van der Waals surface area contributed by atoms with Crippen molar-refractivity contribution in [3.8, 4) is 0 Å². The smallest absolute Gasteiger partial charge is 0.325 e. The SMILES string of the molecule is CSc1cccc(NC(=O)Cc2csc(NC(=O)Nc3ccc(F)cc3)n2)c1. The summed E-state index contributed by atoms with van der Waals surface area (Å²) in [4.78, 5) is 29.5. The van der Waals surface area contributed by atoms with Crippen LogP contribution in [0.2, 0.25) is 0 Å². The maximum Gasteiger partial charge on any atom is 0.325 e. The molecule has 1 aromatic heterocycles. The number of thiazole rings is 1. The minimum absolute atomic E-state index is 0.0985. The number of nitrogens with one attached hydrogen (secondary N) is 3. The van der Waals surface area contributed by atoms with Crippen molar-refractivity contribution >= 4 is 51.5 Å². The third-order valence-electron chi connectivity index (χ3n) is 3.57. The Balaban J connectivity index is 1.52. The number of carbonyl (C=O) groups is 2. The normalized spacial score (nSPS) is 10.4. The van der Waals surface area contributed by atoms with Gasteiger partial charge in [0.05, 0.1) is 12.1 Å². The molecular formula is C19H17FN4O2S2. The number of amides is 3. The molecule has 0 bridgehead atoms. The number of hydrogen-bond donors (Lipinski definition) is 3. The monoisotopic (exact) mass is 416 g/mol. The lowest BCUT2D eigenvalue weighted by Crippen LogP contribution is -2.19. The van der Waals surface area contributed by atoms with E-state index in [0.717, 1.165) is 10.6 Å². The zero-order valence-electron chi connectivity index (χ0n) is 14.9. The Morgan fingerprint density at radius 2 is 1.86 bits per heavy atom. The zero-order chi connectivity index (χ0) is 19.9. The minimum Gasteiger partial charge on any atom is -0.326 e. The summed E-state index contributed by atoms with van der Waals surface area (Å²) in [6.07, 6.45) is 2.07. The first kappa shape index (κ1) is 19.8. The van der Waals surface area contributed by atoms with E-state index in [-0.39, 0.29) is 18.1 Å². The van der Waals surface area contributed by atoms with Gasteiger partial charge >= 0.3 is 6.03 Å². The molecule has 9 heteroatoms. The summed E-state index contributed by atoms with van der Waals surface area (Å²) in [5.41, 5.74) is 1.74. The highest BCUT2D eigenvalue weighted by Crippen LogP contribution is 2.20. The lowest BCUT2D eigenvalue weighted by molar-refractivity contribution is -0.115. The molecule has 0 atom stereocenters. The Morgan fingerprint density at radius 3 is 2.61 bits per heavy atom. The number of halogens is 1. The van der Waals surface area contributed by atoms with Crippen LogP contribution in [0, 0.1) is 5.82 Å². The summed E-state index contributed by atoms with van der Waals surface area (Å²) in [6.45, 7) is 0. The second-order valence-corrected chi connectivity index (χ2v) is 7.42. The highest BCUT2D eigenvalue weighted by molar-refractivity contribution is 7.98. The highest BCUT2D eigenvalue weighted by Gasteiger charge is 2.11. The lowest BCUT2D eigenvalue weighted by Gasteiger charge is -2.06. The van der Waals surface area contributed by atoms with Gasteiger partial charge in [-0.25, -0.2) is 14.2 Å². The number of thioether (sulfide) groups is 1. The fourth-order valence-electron chi connectivity index (χ4n) is 2.31. The molecule has 3 rings (SSSR count). The van der Waals surface area contributed by atoms with E-state index in [1.54, 1.807) is 17.1 Å². The second-order valence-electron chi connectivity index (χ2n) is 5.69. The van der Waals surface area contributed by atoms with Gasteiger partial charge in [0.25, 0.3) is 0 Å². The van der Waals surface area contributed by atoms with Crippen LogP contribution in [0.3, 0.4) is 0 Å². The average molecular weight is 417 g/mol. The van der Waals surface area contributed by atoms with Gasteiger partial charge in [-0.1, -0.05) is 6.07 Å². The number of carbonyl (C=O) groups excluding carboxylic acids is 2. The van der Waals surface area contributed by atoms with Gasteiger partial charge in [0.2, 0.25) is 5.91 Å². The molecule has 0 aliphatic heterocycles. The number of urea groups is 1. The van der Waals surface area contributed by atoms with Gasteiger partial charge in [0, 0.05) is 21.7 Å². The predicted molar refractivity (Wildman–Crippen MR) is 112 cm³/mol. The molecule has 3 N–H and O–H groups in total. The van der Waals surface area contributed by atoms with E-state index in [2.05, 4.69) is 20.9 Å². The third kappa shape index (κ3) is 5.80. The molecule has 0 fully saturated rings. The molecule has 3 aromatic rings. The van der Waals surface area contributed by atoms with Crippen molar-refractivity contribution in [2.75, 3.05) is 22.2 Å². The van der Waals surface area contributed by atoms with E-state index in [0.29, 0.717) is 16.5 Å². The van der Waals surface area contributed by atoms with Gasteiger partial charge in [0.15, 0.2) is 5.13 Å². The molecule has 6 nitrogen and oxygen atoms in total. The zero-order valence-corrected chi connectivity index (χ0v) is 16.5. The average Bonchev–Trinajstić information content (AvgIpc) is 3.10. The van der Waals surface area contributed by atoms with E-state index in [4.69, 9.17) is 0 Å². The van der Waals surface area contributed by atoms with Crippen LogP contribution in [-0.2, 0) is 11.2 Å². The summed E-state index contributed by atoms with van der Waals surface area (Å²) >= 11 is 2.82. The fourth-order valence-corrected chi connectivity index (χ4v) is 3.47. The van der Waals surface area contributed by atoms with Crippen molar-refractivity contribution < 1.29 is 14.0 Å². The molecular weight excluding hydrogens is 399 g/mol. The summed E-state index contributed by atoms with van der Waals surface area (Å²) in [6, 6.07) is 12.5. The number of rotatable bonds is 6. The van der Waals surface area contributed by atoms with Crippen molar-refractivity contribution in [2.24, 2.45) is 0 Å². The molecule has 0 unspecified atom stereocenters. The number of benzene rings is 2. The van der Waals surface area contributed by atoms with E-state index < -0.39 is 6.03 Å². The molecule has 28 heavy (non-hydrogen) atoms. The number of hydrogen-bond acceptors (Lipinski definition) is 5. The molecule has 3 amide bonds. The van der Waals surface area contributed by atoms with Crippen molar-refractivity contribution in [2.45, 2.75) is 11.3 Å². The van der Waals surface area contributed by atoms with Crippen molar-refractivity contribution in [3.63, 3.8) is 0 Å². The Kier molecular flexibility index (Phi) is 6.62. The molecule has 0 saturated carbocycles. The summed E-state index contributed by atoms with van der Waals surface area (Å²) < 4.78 is 12.9. The van der Waals surface area contributed by atoms with Gasteiger partial charge in [-0.05, 0) is 48.7 Å². The van der Waals surface area contributed by atoms with E-state index in [9.17, 15) is 14.0 Å². The molecule has 0 radical (unpaired) electrons. The molecule has 0 saturated heterocycles. The second kappa shape index (κ2) is 9.34. The molecule has 0 aliphatic carbocycles. The van der Waals surface area contributed by atoms with Crippen LogP contribution in [-0.4, -0.2) is 23.2 Å². The molecule has 0 aliphatic rings. The molecule has 2 aromatic carbocycles. The van der Waals surface area contributed by atoms with Crippen molar-refractivity contribution in [3.05, 3.63) is 65.4 Å². The van der Waals surface area contributed by atoms with Gasteiger partial charge in [-0.2, -0.15) is 0 Å². The fraction of sp³-hybridized carbons (Fsp3) is 0.105. The minimum atomic E-state index is -0.495. The number of nitrogens with zero attached hydrogens (tertiary/aromatic N) is 1. The maximum absolute atomic E-state index is 12.9. The molecule has 144 valence electrons. The first-order valence-corrected chi connectivity index (χ1v) is 10.3. The largest absolute Gasteiger partial charge is 0.326 e. The van der Waals surface area contributed by atoms with Crippen LogP contribution in [0.15, 0.2) is 58.8 Å². The highest BCUT2D eigenvalue weighted by atomic mass is 32.2. The Hall–Kier alpha value is -2.91. The van der Waals surface area contributed by atoms with Crippen LogP contribution in [0.5, 0.6) is 0 Å². The Bertz CT molecular complexity index is 976. The predicted octanol–water partition coefficient (Wildman–Crippen LogP) is 4.83. The molecule has 0 spiro atoms. The summed E-state index contributed by atoms with van der Waals surface area (Å²) in [5.74, 6) is -0.570. The van der Waals surface area contributed by atoms with Crippen molar-refractivity contribution in [1.82, 2.24) is 4.98 Å². The van der Waals surface area contributed by atoms with Crippen LogP contribution >= 0.6 is 23.1 Å². The van der Waals surface area contributed by atoms with Crippen LogP contribution in [0.4, 0.5) is 25.7 Å².